The lowest BCUT2D eigenvalue weighted by molar-refractivity contribution is 0.153. The summed E-state index contributed by atoms with van der Waals surface area (Å²) in [5.41, 5.74) is 1.48. The van der Waals surface area contributed by atoms with Crippen molar-refractivity contribution >= 4 is 5.96 Å². The molecule has 0 atom stereocenters. The normalized spacial score (nSPS) is 17.2. The van der Waals surface area contributed by atoms with Gasteiger partial charge in [0, 0.05) is 19.6 Å². The maximum atomic E-state index is 5.27. The third kappa shape index (κ3) is 5.16. The van der Waals surface area contributed by atoms with Crippen molar-refractivity contribution in [3.8, 4) is 0 Å². The zero-order valence-corrected chi connectivity index (χ0v) is 10.5. The number of rotatable bonds is 4. The highest BCUT2D eigenvalue weighted by atomic mass is 16.5. The van der Waals surface area contributed by atoms with E-state index in [-0.39, 0.29) is 0 Å². The van der Waals surface area contributed by atoms with Crippen LogP contribution in [0.1, 0.15) is 26.7 Å². The van der Waals surface area contributed by atoms with E-state index >= 15 is 0 Å². The average molecular weight is 225 g/mol. The van der Waals surface area contributed by atoms with E-state index in [1.807, 2.05) is 0 Å². The summed E-state index contributed by atoms with van der Waals surface area (Å²) in [6.07, 6.45) is 4.32. The molecular weight excluding hydrogens is 202 g/mol. The molecule has 0 aromatic rings. The second-order valence-corrected chi connectivity index (χ2v) is 4.24. The first kappa shape index (κ1) is 13.0. The van der Waals surface area contributed by atoms with Crippen LogP contribution in [0.15, 0.2) is 16.6 Å². The summed E-state index contributed by atoms with van der Waals surface area (Å²) in [7, 11) is 1.80. The first-order chi connectivity index (χ1) is 7.72. The molecule has 0 aliphatic carbocycles. The molecule has 0 saturated carbocycles. The predicted molar refractivity (Wildman–Crippen MR) is 67.8 cm³/mol. The number of hydrogen-bond acceptors (Lipinski definition) is 2. The monoisotopic (exact) mass is 225 g/mol. The fourth-order valence-electron chi connectivity index (χ4n) is 1.60. The second kappa shape index (κ2) is 7.28. The third-order valence-electron chi connectivity index (χ3n) is 2.44. The first-order valence-corrected chi connectivity index (χ1v) is 5.95. The molecule has 1 aliphatic heterocycles. The molecular formula is C12H23N3O. The van der Waals surface area contributed by atoms with E-state index in [1.165, 1.54) is 5.57 Å². The minimum atomic E-state index is 0.411. The summed E-state index contributed by atoms with van der Waals surface area (Å²) in [6, 6.07) is 0.411. The van der Waals surface area contributed by atoms with Gasteiger partial charge < -0.3 is 15.4 Å². The Bertz CT molecular complexity index is 259. The number of guanidine groups is 1. The summed E-state index contributed by atoms with van der Waals surface area (Å²) in [5, 5.41) is 6.57. The highest BCUT2D eigenvalue weighted by Gasteiger charge is 2.04. The number of ether oxygens (including phenoxy) is 1. The predicted octanol–water partition coefficient (Wildman–Crippen LogP) is 1.30. The molecule has 0 bridgehead atoms. The van der Waals surface area contributed by atoms with Gasteiger partial charge >= 0.3 is 0 Å². The smallest absolute Gasteiger partial charge is 0.191 e. The fourth-order valence-corrected chi connectivity index (χ4v) is 1.60. The molecule has 1 heterocycles. The van der Waals surface area contributed by atoms with E-state index in [4.69, 9.17) is 4.74 Å². The van der Waals surface area contributed by atoms with Crippen molar-refractivity contribution in [1.82, 2.24) is 10.6 Å². The van der Waals surface area contributed by atoms with Crippen LogP contribution < -0.4 is 10.6 Å². The van der Waals surface area contributed by atoms with E-state index in [9.17, 15) is 0 Å². The van der Waals surface area contributed by atoms with Crippen LogP contribution in [-0.4, -0.2) is 38.8 Å². The molecule has 0 amide bonds. The van der Waals surface area contributed by atoms with Gasteiger partial charge in [-0.1, -0.05) is 11.6 Å². The highest BCUT2D eigenvalue weighted by molar-refractivity contribution is 5.79. The summed E-state index contributed by atoms with van der Waals surface area (Å²) < 4.78 is 5.27. The SMILES string of the molecule is CN=C(NCCC1=CCOCC1)NC(C)C. The molecule has 0 saturated heterocycles. The molecule has 1 aliphatic rings. The Labute approximate surface area is 98.2 Å². The Balaban J connectivity index is 2.20. The van der Waals surface area contributed by atoms with Gasteiger partial charge in [0.1, 0.15) is 0 Å². The van der Waals surface area contributed by atoms with Crippen molar-refractivity contribution in [3.05, 3.63) is 11.6 Å². The van der Waals surface area contributed by atoms with E-state index in [2.05, 4.69) is 35.5 Å². The molecule has 0 aromatic heterocycles. The fraction of sp³-hybridized carbons (Fsp3) is 0.750. The zero-order chi connectivity index (χ0) is 11.8. The van der Waals surface area contributed by atoms with Crippen LogP contribution in [0.25, 0.3) is 0 Å². The van der Waals surface area contributed by atoms with Crippen molar-refractivity contribution in [2.45, 2.75) is 32.7 Å². The van der Waals surface area contributed by atoms with Crippen molar-refractivity contribution in [3.63, 3.8) is 0 Å². The van der Waals surface area contributed by atoms with E-state index in [1.54, 1.807) is 7.05 Å². The van der Waals surface area contributed by atoms with Gasteiger partial charge in [0.25, 0.3) is 0 Å². The minimum Gasteiger partial charge on any atom is -0.377 e. The van der Waals surface area contributed by atoms with Gasteiger partial charge in [-0.25, -0.2) is 0 Å². The summed E-state index contributed by atoms with van der Waals surface area (Å²) in [5.74, 6) is 0.877. The van der Waals surface area contributed by atoms with Crippen LogP contribution in [0, 0.1) is 0 Å². The van der Waals surface area contributed by atoms with Crippen LogP contribution in [0.5, 0.6) is 0 Å². The Morgan fingerprint density at radius 3 is 2.94 bits per heavy atom. The van der Waals surface area contributed by atoms with Gasteiger partial charge in [0.05, 0.1) is 13.2 Å². The standard InChI is InChI=1S/C12H23N3O/c1-10(2)15-12(13-3)14-7-4-11-5-8-16-9-6-11/h5,10H,4,6-9H2,1-3H3,(H2,13,14,15). The highest BCUT2D eigenvalue weighted by Crippen LogP contribution is 2.10. The Kier molecular flexibility index (Phi) is 5.93. The van der Waals surface area contributed by atoms with Crippen molar-refractivity contribution in [1.29, 1.82) is 0 Å². The van der Waals surface area contributed by atoms with E-state index in [0.717, 1.165) is 38.6 Å². The third-order valence-corrected chi connectivity index (χ3v) is 2.44. The van der Waals surface area contributed by atoms with Crippen LogP contribution in [0.4, 0.5) is 0 Å². The van der Waals surface area contributed by atoms with E-state index in [0.29, 0.717) is 6.04 Å². The quantitative estimate of drug-likeness (QED) is 0.430. The summed E-state index contributed by atoms with van der Waals surface area (Å²) in [4.78, 5) is 4.16. The molecule has 4 heteroatoms. The Morgan fingerprint density at radius 1 is 1.56 bits per heavy atom. The van der Waals surface area contributed by atoms with Crippen LogP contribution in [0.3, 0.4) is 0 Å². The molecule has 2 N–H and O–H groups in total. The van der Waals surface area contributed by atoms with E-state index < -0.39 is 0 Å². The summed E-state index contributed by atoms with van der Waals surface area (Å²) >= 11 is 0. The van der Waals surface area contributed by atoms with Gasteiger partial charge in [-0.3, -0.25) is 4.99 Å². The molecule has 16 heavy (non-hydrogen) atoms. The lowest BCUT2D eigenvalue weighted by atomic mass is 10.1. The van der Waals surface area contributed by atoms with Crippen LogP contribution >= 0.6 is 0 Å². The van der Waals surface area contributed by atoms with Gasteiger partial charge in [-0.2, -0.15) is 0 Å². The molecule has 0 aromatic carbocycles. The number of hydrogen-bond donors (Lipinski definition) is 2. The average Bonchev–Trinajstić information content (AvgIpc) is 2.28. The lowest BCUT2D eigenvalue weighted by Crippen LogP contribution is -2.41. The molecule has 4 nitrogen and oxygen atoms in total. The van der Waals surface area contributed by atoms with Crippen molar-refractivity contribution < 1.29 is 4.74 Å². The Morgan fingerprint density at radius 2 is 2.38 bits per heavy atom. The number of nitrogens with one attached hydrogen (secondary N) is 2. The minimum absolute atomic E-state index is 0.411. The van der Waals surface area contributed by atoms with Crippen LogP contribution in [0.2, 0.25) is 0 Å². The summed E-state index contributed by atoms with van der Waals surface area (Å²) in [6.45, 7) is 6.78. The molecule has 0 radical (unpaired) electrons. The van der Waals surface area contributed by atoms with Gasteiger partial charge in [-0.15, -0.1) is 0 Å². The van der Waals surface area contributed by atoms with Crippen molar-refractivity contribution in [2.75, 3.05) is 26.8 Å². The van der Waals surface area contributed by atoms with Gasteiger partial charge in [0.15, 0.2) is 5.96 Å². The molecule has 1 rings (SSSR count). The molecule has 0 spiro atoms. The van der Waals surface area contributed by atoms with Gasteiger partial charge in [0.2, 0.25) is 0 Å². The largest absolute Gasteiger partial charge is 0.377 e. The Hall–Kier alpha value is -1.03. The lowest BCUT2D eigenvalue weighted by Gasteiger charge is -2.16. The molecule has 92 valence electrons. The number of nitrogens with zero attached hydrogens (tertiary/aromatic N) is 1. The molecule has 0 fully saturated rings. The maximum absolute atomic E-state index is 5.27. The second-order valence-electron chi connectivity index (χ2n) is 4.24. The zero-order valence-electron chi connectivity index (χ0n) is 10.5. The van der Waals surface area contributed by atoms with Crippen molar-refractivity contribution in [2.24, 2.45) is 4.99 Å². The molecule has 0 unspecified atom stereocenters. The van der Waals surface area contributed by atoms with Gasteiger partial charge in [-0.05, 0) is 26.7 Å². The first-order valence-electron chi connectivity index (χ1n) is 5.95. The topological polar surface area (TPSA) is 45.7 Å². The maximum Gasteiger partial charge on any atom is 0.191 e. The number of aliphatic imine (C=N–C) groups is 1. The van der Waals surface area contributed by atoms with Crippen LogP contribution in [-0.2, 0) is 4.74 Å².